The summed E-state index contributed by atoms with van der Waals surface area (Å²) in [6.07, 6.45) is 2.97. The molecule has 0 N–H and O–H groups in total. The number of hydrogen-bond acceptors (Lipinski definition) is 6. The van der Waals surface area contributed by atoms with Crippen molar-refractivity contribution in [2.75, 3.05) is 11.7 Å². The molecular formula is C21H19NO4S2. The van der Waals surface area contributed by atoms with Crippen LogP contribution in [0.2, 0.25) is 0 Å². The van der Waals surface area contributed by atoms with Gasteiger partial charge in [-0.3, -0.25) is 9.69 Å². The Hall–Kier alpha value is -2.51. The van der Waals surface area contributed by atoms with Crippen molar-refractivity contribution in [3.63, 3.8) is 0 Å². The van der Waals surface area contributed by atoms with Crippen LogP contribution in [0.1, 0.15) is 25.8 Å². The van der Waals surface area contributed by atoms with Gasteiger partial charge in [-0.25, -0.2) is 0 Å². The van der Waals surface area contributed by atoms with E-state index in [-0.39, 0.29) is 18.8 Å². The number of ether oxygens (including phenoxy) is 3. The lowest BCUT2D eigenvalue weighted by molar-refractivity contribution is -0.113. The Kier molecular flexibility index (Phi) is 5.28. The summed E-state index contributed by atoms with van der Waals surface area (Å²) in [5, 5.41) is 0. The molecule has 5 nitrogen and oxygen atoms in total. The van der Waals surface area contributed by atoms with Gasteiger partial charge in [0.05, 0.1) is 16.7 Å². The maximum Gasteiger partial charge on any atom is 0.270 e. The zero-order valence-corrected chi connectivity index (χ0v) is 17.1. The molecule has 2 aromatic carbocycles. The number of carbonyl (C=O) groups is 1. The molecule has 0 saturated carbocycles. The molecule has 2 aromatic rings. The summed E-state index contributed by atoms with van der Waals surface area (Å²) in [4.78, 5) is 15.0. The van der Waals surface area contributed by atoms with Crippen molar-refractivity contribution in [3.8, 4) is 17.2 Å². The van der Waals surface area contributed by atoms with Crippen molar-refractivity contribution < 1.29 is 19.0 Å². The number of hydrogen-bond donors (Lipinski definition) is 0. The fourth-order valence-corrected chi connectivity index (χ4v) is 4.12. The van der Waals surface area contributed by atoms with E-state index < -0.39 is 0 Å². The highest BCUT2D eigenvalue weighted by atomic mass is 32.2. The maximum atomic E-state index is 12.9. The highest BCUT2D eigenvalue weighted by Gasteiger charge is 2.34. The van der Waals surface area contributed by atoms with Gasteiger partial charge in [-0.15, -0.1) is 0 Å². The van der Waals surface area contributed by atoms with Gasteiger partial charge >= 0.3 is 0 Å². The number of thioether (sulfide) groups is 1. The number of carbonyl (C=O) groups excluding carboxylic acids is 1. The summed E-state index contributed by atoms with van der Waals surface area (Å²) in [6.45, 7) is 4.31. The van der Waals surface area contributed by atoms with E-state index in [0.717, 1.165) is 17.7 Å². The minimum absolute atomic E-state index is 0.145. The number of amides is 1. The van der Waals surface area contributed by atoms with Crippen LogP contribution < -0.4 is 19.1 Å². The molecule has 144 valence electrons. The molecule has 0 spiro atoms. The summed E-state index contributed by atoms with van der Waals surface area (Å²) in [5.41, 5.74) is 1.59. The topological polar surface area (TPSA) is 48.0 Å². The van der Waals surface area contributed by atoms with Crippen LogP contribution in [-0.2, 0) is 4.79 Å². The molecule has 0 bridgehead atoms. The van der Waals surface area contributed by atoms with Crippen LogP contribution in [0.5, 0.6) is 17.2 Å². The number of rotatable bonds is 5. The summed E-state index contributed by atoms with van der Waals surface area (Å²) >= 11 is 6.73. The Labute approximate surface area is 173 Å². The molecule has 1 atom stereocenters. The third-order valence-corrected chi connectivity index (χ3v) is 5.80. The number of nitrogens with zero attached hydrogens (tertiary/aromatic N) is 1. The van der Waals surface area contributed by atoms with Crippen molar-refractivity contribution >= 4 is 46.0 Å². The van der Waals surface area contributed by atoms with Gasteiger partial charge in [0, 0.05) is 6.07 Å². The Balaban J connectivity index is 1.53. The normalized spacial score (nSPS) is 18.1. The van der Waals surface area contributed by atoms with Gasteiger partial charge in [0.1, 0.15) is 5.75 Å². The van der Waals surface area contributed by atoms with Crippen molar-refractivity contribution in [1.29, 1.82) is 0 Å². The summed E-state index contributed by atoms with van der Waals surface area (Å²) < 4.78 is 17.0. The Morgan fingerprint density at radius 2 is 1.96 bits per heavy atom. The largest absolute Gasteiger partial charge is 0.491 e. The molecule has 1 amide bonds. The van der Waals surface area contributed by atoms with Crippen LogP contribution in [0.25, 0.3) is 6.08 Å². The number of fused-ring (bicyclic) bond motifs is 1. The van der Waals surface area contributed by atoms with Crippen LogP contribution in [0.3, 0.4) is 0 Å². The molecule has 1 fully saturated rings. The first-order valence-corrected chi connectivity index (χ1v) is 10.2. The molecule has 0 aliphatic carbocycles. The van der Waals surface area contributed by atoms with E-state index in [2.05, 4.69) is 6.92 Å². The van der Waals surface area contributed by atoms with Gasteiger partial charge < -0.3 is 14.2 Å². The van der Waals surface area contributed by atoms with Gasteiger partial charge in [0.2, 0.25) is 6.79 Å². The predicted molar refractivity (Wildman–Crippen MR) is 115 cm³/mol. The number of thiocarbonyl (C=S) groups is 1. The average molecular weight is 414 g/mol. The average Bonchev–Trinajstić information content (AvgIpc) is 3.27. The molecule has 0 aromatic heterocycles. The first-order chi connectivity index (χ1) is 13.5. The third kappa shape index (κ3) is 3.72. The lowest BCUT2D eigenvalue weighted by atomic mass is 10.2. The molecule has 4 rings (SSSR count). The highest BCUT2D eigenvalue weighted by Crippen LogP contribution is 2.40. The molecule has 0 unspecified atom stereocenters. The Morgan fingerprint density at radius 1 is 1.21 bits per heavy atom. The second-order valence-electron chi connectivity index (χ2n) is 6.46. The first kappa shape index (κ1) is 18.8. The van der Waals surface area contributed by atoms with E-state index in [0.29, 0.717) is 26.4 Å². The minimum atomic E-state index is -0.145. The van der Waals surface area contributed by atoms with Crippen molar-refractivity contribution in [1.82, 2.24) is 0 Å². The van der Waals surface area contributed by atoms with Gasteiger partial charge in [-0.1, -0.05) is 43.0 Å². The van der Waals surface area contributed by atoms with Crippen molar-refractivity contribution in [2.45, 2.75) is 26.4 Å². The molecule has 28 heavy (non-hydrogen) atoms. The molecule has 2 aliphatic rings. The van der Waals surface area contributed by atoms with E-state index in [4.69, 9.17) is 26.4 Å². The number of benzene rings is 2. The Morgan fingerprint density at radius 3 is 2.71 bits per heavy atom. The van der Waals surface area contributed by atoms with Gasteiger partial charge in [0.25, 0.3) is 5.91 Å². The quantitative estimate of drug-likeness (QED) is 0.508. The van der Waals surface area contributed by atoms with Crippen LogP contribution in [-0.4, -0.2) is 23.1 Å². The van der Waals surface area contributed by atoms with E-state index in [1.807, 2.05) is 43.3 Å². The second kappa shape index (κ2) is 7.85. The summed E-state index contributed by atoms with van der Waals surface area (Å²) in [6, 6.07) is 13.1. The van der Waals surface area contributed by atoms with Crippen LogP contribution in [0, 0.1) is 0 Å². The van der Waals surface area contributed by atoms with E-state index in [9.17, 15) is 4.79 Å². The van der Waals surface area contributed by atoms with Gasteiger partial charge in [-0.05, 0) is 49.2 Å². The first-order valence-electron chi connectivity index (χ1n) is 8.99. The fraction of sp³-hybridized carbons (Fsp3) is 0.238. The summed E-state index contributed by atoms with van der Waals surface area (Å²) in [5.74, 6) is 1.96. The Bertz CT molecular complexity index is 955. The monoisotopic (exact) mass is 413 g/mol. The van der Waals surface area contributed by atoms with Gasteiger partial charge in [-0.2, -0.15) is 0 Å². The minimum Gasteiger partial charge on any atom is -0.491 e. The molecule has 2 heterocycles. The van der Waals surface area contributed by atoms with Gasteiger partial charge in [0.15, 0.2) is 15.8 Å². The lowest BCUT2D eigenvalue weighted by Crippen LogP contribution is -2.27. The van der Waals surface area contributed by atoms with Crippen LogP contribution >= 0.6 is 24.0 Å². The molecule has 7 heteroatoms. The fourth-order valence-electron chi connectivity index (χ4n) is 2.82. The van der Waals surface area contributed by atoms with E-state index in [1.165, 1.54) is 16.7 Å². The van der Waals surface area contributed by atoms with Crippen molar-refractivity contribution in [2.24, 2.45) is 0 Å². The molecule has 0 radical (unpaired) electrons. The highest BCUT2D eigenvalue weighted by molar-refractivity contribution is 8.27. The predicted octanol–water partition coefficient (Wildman–Crippen LogP) is 5.00. The SMILES string of the molecule is CC[C@@H](C)Oc1ccc(/C=C2\SC(=S)N(c3ccc4c(c3)OCO4)C2=O)cc1. The smallest absolute Gasteiger partial charge is 0.270 e. The zero-order chi connectivity index (χ0) is 19.7. The van der Waals surface area contributed by atoms with Crippen molar-refractivity contribution in [3.05, 3.63) is 52.9 Å². The lowest BCUT2D eigenvalue weighted by Gasteiger charge is -2.14. The third-order valence-electron chi connectivity index (χ3n) is 4.50. The standard InChI is InChI=1S/C21H19NO4S2/c1-3-13(2)26-16-7-4-14(5-8-16)10-19-20(23)22(21(27)28-19)15-6-9-17-18(11-15)25-12-24-17/h4-11,13H,3,12H2,1-2H3/b19-10-/t13-/m1/s1. The van der Waals surface area contributed by atoms with Crippen LogP contribution in [0.15, 0.2) is 47.4 Å². The second-order valence-corrected chi connectivity index (χ2v) is 8.14. The number of anilines is 1. The van der Waals surface area contributed by atoms with E-state index >= 15 is 0 Å². The summed E-state index contributed by atoms with van der Waals surface area (Å²) in [7, 11) is 0. The zero-order valence-electron chi connectivity index (χ0n) is 15.5. The van der Waals surface area contributed by atoms with Crippen LogP contribution in [0.4, 0.5) is 5.69 Å². The maximum absolute atomic E-state index is 12.9. The van der Waals surface area contributed by atoms with E-state index in [1.54, 1.807) is 12.1 Å². The molecule has 2 aliphatic heterocycles. The molecular weight excluding hydrogens is 394 g/mol. The molecule has 1 saturated heterocycles.